The Hall–Kier alpha value is -2.43. The monoisotopic (exact) mass is 438 g/mol. The number of fused-ring (bicyclic) bond motifs is 1. The molecular formula is C21H25F3N4O3. The van der Waals surface area contributed by atoms with Gasteiger partial charge in [-0.25, -0.2) is 0 Å². The molecule has 31 heavy (non-hydrogen) atoms. The predicted molar refractivity (Wildman–Crippen MR) is 108 cm³/mol. The number of nitrogens with one attached hydrogen (secondary N) is 1. The van der Waals surface area contributed by atoms with Crippen LogP contribution < -0.4 is 10.2 Å². The van der Waals surface area contributed by atoms with Crippen LogP contribution in [0.25, 0.3) is 11.3 Å². The summed E-state index contributed by atoms with van der Waals surface area (Å²) in [5, 5.41) is 32.0. The highest BCUT2D eigenvalue weighted by Crippen LogP contribution is 2.39. The van der Waals surface area contributed by atoms with Crippen LogP contribution in [0.15, 0.2) is 18.2 Å². The summed E-state index contributed by atoms with van der Waals surface area (Å²) < 4.78 is 44.5. The highest BCUT2D eigenvalue weighted by atomic mass is 19.4. The molecule has 7 nitrogen and oxygen atoms in total. The minimum absolute atomic E-state index is 0.0368. The molecule has 3 N–H and O–H groups in total. The van der Waals surface area contributed by atoms with Crippen LogP contribution in [0.4, 0.5) is 19.0 Å². The van der Waals surface area contributed by atoms with Crippen LogP contribution in [-0.4, -0.2) is 59.3 Å². The summed E-state index contributed by atoms with van der Waals surface area (Å²) in [6.07, 6.45) is -2.01. The number of aliphatic hydroxyl groups is 1. The van der Waals surface area contributed by atoms with Gasteiger partial charge in [0.15, 0.2) is 5.82 Å². The van der Waals surface area contributed by atoms with Gasteiger partial charge in [-0.05, 0) is 44.0 Å². The summed E-state index contributed by atoms with van der Waals surface area (Å²) in [5.74, 6) is 0.157. The molecular weight excluding hydrogens is 413 g/mol. The van der Waals surface area contributed by atoms with E-state index in [1.807, 2.05) is 0 Å². The Morgan fingerprint density at radius 2 is 2.06 bits per heavy atom. The van der Waals surface area contributed by atoms with Gasteiger partial charge < -0.3 is 25.2 Å². The minimum Gasteiger partial charge on any atom is -0.507 e. The Bertz CT molecular complexity index is 933. The van der Waals surface area contributed by atoms with Crippen molar-refractivity contribution in [2.24, 2.45) is 0 Å². The maximum absolute atomic E-state index is 13.0. The fraction of sp³-hybridized carbons (Fsp3) is 0.524. The van der Waals surface area contributed by atoms with E-state index in [2.05, 4.69) is 20.4 Å². The Morgan fingerprint density at radius 3 is 2.74 bits per heavy atom. The molecule has 0 radical (unpaired) electrons. The summed E-state index contributed by atoms with van der Waals surface area (Å²) in [5.41, 5.74) is 1.17. The van der Waals surface area contributed by atoms with Gasteiger partial charge in [-0.1, -0.05) is 0 Å². The zero-order chi connectivity index (χ0) is 22.0. The number of nitrogens with zero attached hydrogens (tertiary/aromatic N) is 3. The lowest BCUT2D eigenvalue weighted by Gasteiger charge is -2.37. The molecule has 10 heteroatoms. The van der Waals surface area contributed by atoms with Crippen LogP contribution in [0.1, 0.15) is 29.5 Å². The van der Waals surface area contributed by atoms with E-state index in [0.29, 0.717) is 42.7 Å². The van der Waals surface area contributed by atoms with E-state index < -0.39 is 17.5 Å². The van der Waals surface area contributed by atoms with Crippen molar-refractivity contribution in [3.8, 4) is 17.0 Å². The fourth-order valence-electron chi connectivity index (χ4n) is 4.29. The van der Waals surface area contributed by atoms with Crippen molar-refractivity contribution in [1.82, 2.24) is 15.5 Å². The average molecular weight is 438 g/mol. The molecule has 1 atom stereocenters. The third-order valence-electron chi connectivity index (χ3n) is 5.81. The van der Waals surface area contributed by atoms with Gasteiger partial charge in [-0.15, -0.1) is 10.2 Å². The molecule has 0 amide bonds. The van der Waals surface area contributed by atoms with Crippen LogP contribution in [0.3, 0.4) is 0 Å². The molecule has 0 spiro atoms. The lowest BCUT2D eigenvalue weighted by atomic mass is 9.96. The number of aliphatic hydroxyl groups excluding tert-OH is 1. The number of phenolic OH excluding ortho intramolecular Hbond substituents is 1. The number of halogens is 3. The molecule has 1 saturated heterocycles. The maximum Gasteiger partial charge on any atom is 0.416 e. The molecule has 0 saturated carbocycles. The third kappa shape index (κ3) is 4.46. The summed E-state index contributed by atoms with van der Waals surface area (Å²) in [6.45, 7) is 2.80. The van der Waals surface area contributed by atoms with Gasteiger partial charge in [0.1, 0.15) is 11.4 Å². The first-order valence-corrected chi connectivity index (χ1v) is 10.3. The molecule has 1 aromatic carbocycles. The molecule has 2 aliphatic heterocycles. The standard InChI is InChI=1S/C21H25F3N4O3/c22-21(23,24)13-3-4-16(18(30)10-13)19-17-12-31-9-5-15(17)20(27-26-19)28(7-8-29)14-2-1-6-25-11-14/h3-4,10,14,25,29-30H,1-2,5-9,11-12H2. The molecule has 2 aliphatic rings. The van der Waals surface area contributed by atoms with Crippen molar-refractivity contribution in [3.05, 3.63) is 34.9 Å². The van der Waals surface area contributed by atoms with Crippen molar-refractivity contribution < 1.29 is 28.1 Å². The second-order valence-electron chi connectivity index (χ2n) is 7.78. The van der Waals surface area contributed by atoms with Gasteiger partial charge in [0.2, 0.25) is 0 Å². The van der Waals surface area contributed by atoms with Crippen LogP contribution in [0.5, 0.6) is 5.75 Å². The van der Waals surface area contributed by atoms with Gasteiger partial charge in [0, 0.05) is 35.8 Å². The molecule has 0 aliphatic carbocycles. The second-order valence-corrected chi connectivity index (χ2v) is 7.78. The molecule has 0 bridgehead atoms. The first kappa shape index (κ1) is 21.8. The predicted octanol–water partition coefficient (Wildman–Crippen LogP) is 2.49. The van der Waals surface area contributed by atoms with Gasteiger partial charge in [-0.2, -0.15) is 13.2 Å². The van der Waals surface area contributed by atoms with Crippen molar-refractivity contribution in [2.75, 3.05) is 37.7 Å². The Morgan fingerprint density at radius 1 is 1.23 bits per heavy atom. The van der Waals surface area contributed by atoms with Crippen molar-refractivity contribution in [3.63, 3.8) is 0 Å². The summed E-state index contributed by atoms with van der Waals surface area (Å²) >= 11 is 0. The lowest BCUT2D eigenvalue weighted by Crippen LogP contribution is -2.48. The van der Waals surface area contributed by atoms with Crippen LogP contribution in [0.2, 0.25) is 0 Å². The van der Waals surface area contributed by atoms with E-state index in [-0.39, 0.29) is 24.8 Å². The number of hydrogen-bond acceptors (Lipinski definition) is 7. The average Bonchev–Trinajstić information content (AvgIpc) is 2.77. The van der Waals surface area contributed by atoms with E-state index in [1.165, 1.54) is 6.07 Å². The fourth-order valence-corrected chi connectivity index (χ4v) is 4.29. The van der Waals surface area contributed by atoms with Crippen LogP contribution in [0, 0.1) is 0 Å². The first-order chi connectivity index (χ1) is 14.9. The number of phenols is 1. The van der Waals surface area contributed by atoms with E-state index >= 15 is 0 Å². The number of aromatic nitrogens is 2. The van der Waals surface area contributed by atoms with E-state index in [0.717, 1.165) is 37.6 Å². The number of aromatic hydroxyl groups is 1. The summed E-state index contributed by atoms with van der Waals surface area (Å²) in [6, 6.07) is 3.00. The van der Waals surface area contributed by atoms with E-state index in [1.54, 1.807) is 0 Å². The molecule has 1 aromatic heterocycles. The largest absolute Gasteiger partial charge is 0.507 e. The van der Waals surface area contributed by atoms with E-state index in [9.17, 15) is 23.4 Å². The molecule has 1 unspecified atom stereocenters. The minimum atomic E-state index is -4.55. The first-order valence-electron chi connectivity index (χ1n) is 10.3. The van der Waals surface area contributed by atoms with Crippen molar-refractivity contribution in [1.29, 1.82) is 0 Å². The number of piperidine rings is 1. The number of anilines is 1. The number of rotatable bonds is 5. The highest BCUT2D eigenvalue weighted by molar-refractivity contribution is 5.73. The van der Waals surface area contributed by atoms with Gasteiger partial charge >= 0.3 is 6.18 Å². The van der Waals surface area contributed by atoms with E-state index in [4.69, 9.17) is 4.74 Å². The second kappa shape index (κ2) is 8.97. The van der Waals surface area contributed by atoms with Gasteiger partial charge in [0.05, 0.1) is 25.4 Å². The SMILES string of the molecule is OCCN(c1nnc(-c2ccc(C(F)(F)F)cc2O)c2c1CCOC2)C1CCCNC1. The number of hydrogen-bond donors (Lipinski definition) is 3. The molecule has 4 rings (SSSR count). The smallest absolute Gasteiger partial charge is 0.416 e. The third-order valence-corrected chi connectivity index (χ3v) is 5.81. The zero-order valence-corrected chi connectivity index (χ0v) is 17.0. The Balaban J connectivity index is 1.77. The maximum atomic E-state index is 13.0. The molecule has 1 fully saturated rings. The molecule has 168 valence electrons. The zero-order valence-electron chi connectivity index (χ0n) is 17.0. The lowest BCUT2D eigenvalue weighted by molar-refractivity contribution is -0.137. The van der Waals surface area contributed by atoms with Crippen LogP contribution >= 0.6 is 0 Å². The van der Waals surface area contributed by atoms with Crippen molar-refractivity contribution >= 4 is 5.82 Å². The van der Waals surface area contributed by atoms with Crippen molar-refractivity contribution in [2.45, 2.75) is 38.1 Å². The molecule has 3 heterocycles. The quantitative estimate of drug-likeness (QED) is 0.661. The summed E-state index contributed by atoms with van der Waals surface area (Å²) in [4.78, 5) is 2.06. The van der Waals surface area contributed by atoms with Gasteiger partial charge in [-0.3, -0.25) is 0 Å². The normalized spacial score (nSPS) is 19.2. The van der Waals surface area contributed by atoms with Gasteiger partial charge in [0.25, 0.3) is 0 Å². The number of benzene rings is 1. The molecule has 2 aromatic rings. The van der Waals surface area contributed by atoms with Crippen LogP contribution in [-0.2, 0) is 23.9 Å². The number of ether oxygens (including phenoxy) is 1. The number of alkyl halides is 3. The summed E-state index contributed by atoms with van der Waals surface area (Å²) in [7, 11) is 0. The Labute approximate surface area is 177 Å². The highest BCUT2D eigenvalue weighted by Gasteiger charge is 2.33. The topological polar surface area (TPSA) is 90.7 Å². The Kier molecular flexibility index (Phi) is 6.31.